The van der Waals surface area contributed by atoms with E-state index in [4.69, 9.17) is 16.3 Å². The average Bonchev–Trinajstić information content (AvgIpc) is 2.45. The van der Waals surface area contributed by atoms with Gasteiger partial charge in [-0.1, -0.05) is 41.9 Å². The highest BCUT2D eigenvalue weighted by Gasteiger charge is 2.20. The smallest absolute Gasteiger partial charge is 0.258 e. The topological polar surface area (TPSA) is 38.3 Å². The Hall–Kier alpha value is -1.91. The summed E-state index contributed by atoms with van der Waals surface area (Å²) in [7, 11) is 1.45. The predicted octanol–water partition coefficient (Wildman–Crippen LogP) is 3.81. The van der Waals surface area contributed by atoms with Gasteiger partial charge < -0.3 is 10.1 Å². The number of anilines is 1. The van der Waals surface area contributed by atoms with Gasteiger partial charge in [0.1, 0.15) is 5.82 Å². The maximum absolute atomic E-state index is 13.1. The number of benzene rings is 2. The minimum Gasteiger partial charge on any atom is -0.367 e. The third kappa shape index (κ3) is 3.35. The van der Waals surface area contributed by atoms with E-state index in [1.54, 1.807) is 12.1 Å². The average molecular weight is 294 g/mol. The standard InChI is InChI=1S/C15H13ClFNO2/c1-20-14(10-5-3-2-4-6-10)15(19)18-11-7-8-13(17)12(16)9-11/h2-9,14H,1H3,(H,18,19)/t14-/m0/s1. The van der Waals surface area contributed by atoms with Crippen molar-refractivity contribution in [1.82, 2.24) is 0 Å². The van der Waals surface area contributed by atoms with E-state index in [0.29, 0.717) is 5.69 Å². The molecule has 0 aromatic heterocycles. The van der Waals surface area contributed by atoms with Crippen LogP contribution >= 0.6 is 11.6 Å². The first-order chi connectivity index (χ1) is 9.61. The molecule has 5 heteroatoms. The lowest BCUT2D eigenvalue weighted by Gasteiger charge is -2.15. The lowest BCUT2D eigenvalue weighted by Crippen LogP contribution is -2.22. The van der Waals surface area contributed by atoms with E-state index >= 15 is 0 Å². The number of methoxy groups -OCH3 is 1. The molecule has 0 saturated carbocycles. The molecule has 2 aromatic rings. The Kier molecular flexibility index (Phi) is 4.71. The first-order valence-corrected chi connectivity index (χ1v) is 6.33. The Morgan fingerprint density at radius 3 is 2.55 bits per heavy atom. The van der Waals surface area contributed by atoms with Crippen molar-refractivity contribution in [3.63, 3.8) is 0 Å². The van der Waals surface area contributed by atoms with E-state index in [2.05, 4.69) is 5.32 Å². The molecule has 0 bridgehead atoms. The van der Waals surface area contributed by atoms with Crippen LogP contribution in [-0.2, 0) is 9.53 Å². The van der Waals surface area contributed by atoms with Crippen molar-refractivity contribution >= 4 is 23.2 Å². The fraction of sp³-hybridized carbons (Fsp3) is 0.133. The van der Waals surface area contributed by atoms with E-state index in [9.17, 15) is 9.18 Å². The summed E-state index contributed by atoms with van der Waals surface area (Å²) in [5.74, 6) is -0.877. The summed E-state index contributed by atoms with van der Waals surface area (Å²) in [6.45, 7) is 0. The van der Waals surface area contributed by atoms with Crippen molar-refractivity contribution in [2.24, 2.45) is 0 Å². The van der Waals surface area contributed by atoms with Gasteiger partial charge in [-0.25, -0.2) is 4.39 Å². The molecule has 1 N–H and O–H groups in total. The van der Waals surface area contributed by atoms with E-state index in [0.717, 1.165) is 5.56 Å². The molecule has 1 atom stereocenters. The van der Waals surface area contributed by atoms with Gasteiger partial charge in [0.2, 0.25) is 0 Å². The van der Waals surface area contributed by atoms with Gasteiger partial charge in [-0.15, -0.1) is 0 Å². The summed E-state index contributed by atoms with van der Waals surface area (Å²) in [6.07, 6.45) is -0.736. The normalized spacial score (nSPS) is 11.9. The third-order valence-corrected chi connectivity index (χ3v) is 3.05. The van der Waals surface area contributed by atoms with Crippen molar-refractivity contribution < 1.29 is 13.9 Å². The van der Waals surface area contributed by atoms with Crippen molar-refractivity contribution in [3.05, 3.63) is 64.9 Å². The highest BCUT2D eigenvalue weighted by molar-refractivity contribution is 6.31. The second-order valence-corrected chi connectivity index (χ2v) is 4.55. The van der Waals surface area contributed by atoms with Crippen LogP contribution in [0.5, 0.6) is 0 Å². The van der Waals surface area contributed by atoms with Gasteiger partial charge in [-0.2, -0.15) is 0 Å². The summed E-state index contributed by atoms with van der Waals surface area (Å²) in [6, 6.07) is 13.1. The number of ether oxygens (including phenoxy) is 1. The number of hydrogen-bond donors (Lipinski definition) is 1. The zero-order valence-corrected chi connectivity index (χ0v) is 11.5. The van der Waals surface area contributed by atoms with E-state index in [-0.39, 0.29) is 10.9 Å². The summed E-state index contributed by atoms with van der Waals surface area (Å²) in [5, 5.41) is 2.60. The highest BCUT2D eigenvalue weighted by Crippen LogP contribution is 2.22. The quantitative estimate of drug-likeness (QED) is 0.931. The van der Waals surface area contributed by atoms with Gasteiger partial charge >= 0.3 is 0 Å². The molecule has 20 heavy (non-hydrogen) atoms. The molecule has 0 saturated heterocycles. The lowest BCUT2D eigenvalue weighted by atomic mass is 10.1. The summed E-state index contributed by atoms with van der Waals surface area (Å²) < 4.78 is 18.3. The Morgan fingerprint density at radius 2 is 1.95 bits per heavy atom. The third-order valence-electron chi connectivity index (χ3n) is 2.76. The zero-order chi connectivity index (χ0) is 14.5. The molecule has 3 nitrogen and oxygen atoms in total. The molecule has 0 unspecified atom stereocenters. The Labute approximate surface area is 121 Å². The van der Waals surface area contributed by atoms with Crippen LogP contribution in [0.1, 0.15) is 11.7 Å². The van der Waals surface area contributed by atoms with Gasteiger partial charge in [0, 0.05) is 12.8 Å². The molecule has 0 aliphatic rings. The molecule has 0 heterocycles. The van der Waals surface area contributed by atoms with Crippen LogP contribution in [0.4, 0.5) is 10.1 Å². The Bertz CT molecular complexity index is 604. The van der Waals surface area contributed by atoms with Crippen LogP contribution in [0, 0.1) is 5.82 Å². The fourth-order valence-electron chi connectivity index (χ4n) is 1.80. The van der Waals surface area contributed by atoms with Crippen molar-refractivity contribution in [2.45, 2.75) is 6.10 Å². The monoisotopic (exact) mass is 293 g/mol. The van der Waals surface area contributed by atoms with Crippen LogP contribution in [0.15, 0.2) is 48.5 Å². The second-order valence-electron chi connectivity index (χ2n) is 4.14. The molecule has 2 aromatic carbocycles. The number of halogens is 2. The van der Waals surface area contributed by atoms with Gasteiger partial charge in [0.15, 0.2) is 6.10 Å². The number of rotatable bonds is 4. The lowest BCUT2D eigenvalue weighted by molar-refractivity contribution is -0.126. The summed E-state index contributed by atoms with van der Waals surface area (Å²) >= 11 is 5.67. The minimum absolute atomic E-state index is 0.0449. The van der Waals surface area contributed by atoms with Crippen LogP contribution in [0.25, 0.3) is 0 Å². The zero-order valence-electron chi connectivity index (χ0n) is 10.8. The summed E-state index contributed by atoms with van der Waals surface area (Å²) in [4.78, 5) is 12.2. The van der Waals surface area contributed by atoms with Crippen LogP contribution in [0.3, 0.4) is 0 Å². The minimum atomic E-state index is -0.736. The van der Waals surface area contributed by atoms with Gasteiger partial charge in [-0.05, 0) is 23.8 Å². The van der Waals surface area contributed by atoms with Crippen molar-refractivity contribution in [2.75, 3.05) is 12.4 Å². The van der Waals surface area contributed by atoms with E-state index < -0.39 is 11.9 Å². The molecule has 0 spiro atoms. The maximum Gasteiger partial charge on any atom is 0.258 e. The van der Waals surface area contributed by atoms with Crippen LogP contribution in [0.2, 0.25) is 5.02 Å². The van der Waals surface area contributed by atoms with E-state index in [1.165, 1.54) is 25.3 Å². The largest absolute Gasteiger partial charge is 0.367 e. The SMILES string of the molecule is CO[C@H](C(=O)Nc1ccc(F)c(Cl)c1)c1ccccc1. The van der Waals surface area contributed by atoms with Crippen LogP contribution < -0.4 is 5.32 Å². The molecular formula is C15H13ClFNO2. The molecule has 1 amide bonds. The molecule has 0 fully saturated rings. The van der Waals surface area contributed by atoms with Gasteiger partial charge in [0.05, 0.1) is 5.02 Å². The van der Waals surface area contributed by atoms with E-state index in [1.807, 2.05) is 18.2 Å². The summed E-state index contributed by atoms with van der Waals surface area (Å²) in [5.41, 5.74) is 1.15. The number of amides is 1. The van der Waals surface area contributed by atoms with Gasteiger partial charge in [-0.3, -0.25) is 4.79 Å². The first kappa shape index (κ1) is 14.5. The van der Waals surface area contributed by atoms with Crippen molar-refractivity contribution in [3.8, 4) is 0 Å². The molecule has 0 aliphatic heterocycles. The molecule has 0 aliphatic carbocycles. The van der Waals surface area contributed by atoms with Crippen LogP contribution in [-0.4, -0.2) is 13.0 Å². The molecule has 2 rings (SSSR count). The second kappa shape index (κ2) is 6.50. The molecule has 104 valence electrons. The number of carbonyl (C=O) groups excluding carboxylic acids is 1. The fourth-order valence-corrected chi connectivity index (χ4v) is 1.98. The molecular weight excluding hydrogens is 281 g/mol. The number of carbonyl (C=O) groups is 1. The maximum atomic E-state index is 13.1. The molecule has 0 radical (unpaired) electrons. The number of nitrogens with one attached hydrogen (secondary N) is 1. The van der Waals surface area contributed by atoms with Gasteiger partial charge in [0.25, 0.3) is 5.91 Å². The first-order valence-electron chi connectivity index (χ1n) is 5.95. The Morgan fingerprint density at radius 1 is 1.25 bits per heavy atom. The predicted molar refractivity (Wildman–Crippen MR) is 76.2 cm³/mol. The highest BCUT2D eigenvalue weighted by atomic mass is 35.5. The number of hydrogen-bond acceptors (Lipinski definition) is 2. The Balaban J connectivity index is 2.15. The van der Waals surface area contributed by atoms with Crippen molar-refractivity contribution in [1.29, 1.82) is 0 Å².